The minimum absolute atomic E-state index is 0.0543. The van der Waals surface area contributed by atoms with Crippen LogP contribution in [0.15, 0.2) is 36.5 Å². The molecule has 1 aromatic carbocycles. The number of alkyl halides is 2. The van der Waals surface area contributed by atoms with E-state index in [1.54, 1.807) is 36.2 Å². The molecule has 1 aliphatic rings. The average molecular weight is 461 g/mol. The molecular formula is C23H26F2N4O2S. The summed E-state index contributed by atoms with van der Waals surface area (Å²) in [5.41, 5.74) is 2.68. The lowest BCUT2D eigenvalue weighted by molar-refractivity contribution is -0.0498. The number of rotatable bonds is 6. The Bertz CT molecular complexity index is 1150. The fourth-order valence-corrected chi connectivity index (χ4v) is 4.55. The molecule has 0 bridgehead atoms. The molecule has 3 heterocycles. The van der Waals surface area contributed by atoms with Gasteiger partial charge in [-0.3, -0.25) is 14.5 Å². The van der Waals surface area contributed by atoms with Gasteiger partial charge >= 0.3 is 6.61 Å². The summed E-state index contributed by atoms with van der Waals surface area (Å²) in [4.78, 5) is 17.4. The maximum atomic E-state index is 12.8. The van der Waals surface area contributed by atoms with Crippen molar-refractivity contribution in [1.29, 1.82) is 0 Å². The maximum Gasteiger partial charge on any atom is 0.387 e. The topological polar surface area (TPSA) is 69.0 Å². The van der Waals surface area contributed by atoms with Gasteiger partial charge in [0.25, 0.3) is 5.91 Å². The van der Waals surface area contributed by atoms with Crippen LogP contribution in [0.4, 0.5) is 8.78 Å². The van der Waals surface area contributed by atoms with Crippen LogP contribution in [0.3, 0.4) is 0 Å². The number of carbonyl (C=O) groups is 1. The minimum atomic E-state index is -2.91. The first-order chi connectivity index (χ1) is 15.0. The highest BCUT2D eigenvalue weighted by molar-refractivity contribution is 8.00. The molecule has 170 valence electrons. The molecule has 32 heavy (non-hydrogen) atoms. The molecule has 0 atom stereocenters. The van der Waals surface area contributed by atoms with Crippen molar-refractivity contribution in [3.63, 3.8) is 0 Å². The molecule has 1 saturated heterocycles. The monoisotopic (exact) mass is 460 g/mol. The molecular weight excluding hydrogens is 434 g/mol. The van der Waals surface area contributed by atoms with E-state index in [4.69, 9.17) is 5.10 Å². The Balaban J connectivity index is 1.76. The van der Waals surface area contributed by atoms with E-state index in [0.717, 1.165) is 17.0 Å². The van der Waals surface area contributed by atoms with Crippen LogP contribution < -0.4 is 10.1 Å². The summed E-state index contributed by atoms with van der Waals surface area (Å²) < 4.78 is 31.7. The van der Waals surface area contributed by atoms with Crippen molar-refractivity contribution in [3.8, 4) is 17.0 Å². The van der Waals surface area contributed by atoms with E-state index in [2.05, 4.69) is 35.8 Å². The zero-order valence-electron chi connectivity index (χ0n) is 18.5. The van der Waals surface area contributed by atoms with Gasteiger partial charge in [-0.25, -0.2) is 0 Å². The van der Waals surface area contributed by atoms with Gasteiger partial charge in [0.1, 0.15) is 17.0 Å². The number of hydrogen-bond donors (Lipinski definition) is 1. The van der Waals surface area contributed by atoms with Crippen molar-refractivity contribution in [1.82, 2.24) is 20.1 Å². The van der Waals surface area contributed by atoms with Gasteiger partial charge in [0, 0.05) is 29.8 Å². The van der Waals surface area contributed by atoms with Crippen LogP contribution in [-0.4, -0.2) is 44.3 Å². The van der Waals surface area contributed by atoms with Crippen LogP contribution in [0.25, 0.3) is 22.3 Å². The highest BCUT2D eigenvalue weighted by Gasteiger charge is 2.34. The van der Waals surface area contributed by atoms with Gasteiger partial charge < -0.3 is 10.1 Å². The summed E-state index contributed by atoms with van der Waals surface area (Å²) >= 11 is 1.80. The lowest BCUT2D eigenvalue weighted by atomic mass is 9.97. The largest absolute Gasteiger partial charge is 0.435 e. The lowest BCUT2D eigenvalue weighted by Gasteiger charge is -2.38. The lowest BCUT2D eigenvalue weighted by Crippen LogP contribution is -2.55. The number of benzene rings is 1. The summed E-state index contributed by atoms with van der Waals surface area (Å²) in [5.74, 6) is 1.66. The number of amides is 1. The summed E-state index contributed by atoms with van der Waals surface area (Å²) in [6, 6.07) is 8.21. The molecule has 1 amide bonds. The number of carbonyl (C=O) groups excluding carboxylic acids is 1. The number of fused-ring (bicyclic) bond motifs is 1. The van der Waals surface area contributed by atoms with E-state index in [0.29, 0.717) is 28.9 Å². The first-order valence-electron chi connectivity index (χ1n) is 10.4. The molecule has 0 unspecified atom stereocenters. The quantitative estimate of drug-likeness (QED) is 0.562. The van der Waals surface area contributed by atoms with E-state index in [-0.39, 0.29) is 22.6 Å². The summed E-state index contributed by atoms with van der Waals surface area (Å²) in [6.07, 6.45) is 1.54. The Morgan fingerprint density at radius 1 is 1.31 bits per heavy atom. The van der Waals surface area contributed by atoms with Crippen LogP contribution in [0, 0.1) is 5.41 Å². The van der Waals surface area contributed by atoms with Gasteiger partial charge in [0.05, 0.1) is 16.6 Å². The van der Waals surface area contributed by atoms with Crippen LogP contribution >= 0.6 is 11.8 Å². The third-order valence-corrected chi connectivity index (χ3v) is 6.75. The first-order valence-corrected chi connectivity index (χ1v) is 11.5. The molecule has 1 aliphatic heterocycles. The fourth-order valence-electron chi connectivity index (χ4n) is 3.59. The van der Waals surface area contributed by atoms with Crippen molar-refractivity contribution >= 4 is 28.7 Å². The van der Waals surface area contributed by atoms with Gasteiger partial charge in [-0.05, 0) is 30.5 Å². The summed E-state index contributed by atoms with van der Waals surface area (Å²) in [6.45, 7) is 6.00. The number of aromatic nitrogens is 3. The smallest absolute Gasteiger partial charge is 0.387 e. The van der Waals surface area contributed by atoms with E-state index in [9.17, 15) is 13.6 Å². The Labute approximate surface area is 189 Å². The molecule has 0 aliphatic carbocycles. The SMILES string of the molecule is CC(C)(C)Cn1nc(-c2cccc(OC(F)F)c2)c2ncc(C(=O)NC3(C)CSC3)cc21. The van der Waals surface area contributed by atoms with Crippen molar-refractivity contribution in [3.05, 3.63) is 42.1 Å². The zero-order chi connectivity index (χ0) is 23.1. The Hall–Kier alpha value is -2.68. The van der Waals surface area contributed by atoms with Gasteiger partial charge in [-0.2, -0.15) is 25.6 Å². The molecule has 0 spiro atoms. The van der Waals surface area contributed by atoms with Crippen LogP contribution in [0.2, 0.25) is 0 Å². The van der Waals surface area contributed by atoms with Crippen LogP contribution in [0.5, 0.6) is 5.75 Å². The van der Waals surface area contributed by atoms with Crippen molar-refractivity contribution in [2.75, 3.05) is 11.5 Å². The van der Waals surface area contributed by atoms with E-state index < -0.39 is 6.61 Å². The van der Waals surface area contributed by atoms with E-state index in [1.807, 2.05) is 11.6 Å². The predicted molar refractivity (Wildman–Crippen MR) is 122 cm³/mol. The first kappa shape index (κ1) is 22.5. The van der Waals surface area contributed by atoms with Crippen molar-refractivity contribution in [2.45, 2.75) is 46.4 Å². The van der Waals surface area contributed by atoms with Gasteiger partial charge in [-0.1, -0.05) is 32.9 Å². The molecule has 1 N–H and O–H groups in total. The number of nitrogens with one attached hydrogen (secondary N) is 1. The zero-order valence-corrected chi connectivity index (χ0v) is 19.3. The second-order valence-electron chi connectivity index (χ2n) is 9.57. The van der Waals surface area contributed by atoms with E-state index in [1.165, 1.54) is 12.1 Å². The molecule has 4 rings (SSSR count). The van der Waals surface area contributed by atoms with Gasteiger partial charge in [-0.15, -0.1) is 0 Å². The third kappa shape index (κ3) is 4.87. The second kappa shape index (κ2) is 8.35. The Kier molecular flexibility index (Phi) is 5.87. The molecule has 2 aromatic heterocycles. The van der Waals surface area contributed by atoms with Crippen molar-refractivity contribution in [2.24, 2.45) is 5.41 Å². The van der Waals surface area contributed by atoms with Crippen LogP contribution in [-0.2, 0) is 6.54 Å². The normalized spacial score (nSPS) is 15.6. The summed E-state index contributed by atoms with van der Waals surface area (Å²) in [5, 5.41) is 7.83. The number of nitrogens with zero attached hydrogens (tertiary/aromatic N) is 3. The highest BCUT2D eigenvalue weighted by atomic mass is 32.2. The second-order valence-corrected chi connectivity index (χ2v) is 10.6. The average Bonchev–Trinajstić information content (AvgIpc) is 3.02. The standard InChI is InChI=1S/C23H26F2N4O2S/c1-22(2,3)11-29-17-9-15(20(30)27-23(4)12-32-13-23)10-26-19(17)18(28-29)14-6-5-7-16(8-14)31-21(24)25/h5-10,21H,11-13H2,1-4H3,(H,27,30). The number of pyridine rings is 1. The minimum Gasteiger partial charge on any atom is -0.435 e. The number of hydrogen-bond acceptors (Lipinski definition) is 5. The Morgan fingerprint density at radius 3 is 2.69 bits per heavy atom. The van der Waals surface area contributed by atoms with Crippen LogP contribution in [0.1, 0.15) is 38.1 Å². The van der Waals surface area contributed by atoms with E-state index >= 15 is 0 Å². The Morgan fingerprint density at radius 2 is 2.06 bits per heavy atom. The van der Waals surface area contributed by atoms with Gasteiger partial charge in [0.2, 0.25) is 0 Å². The molecule has 1 fully saturated rings. The molecule has 6 nitrogen and oxygen atoms in total. The molecule has 9 heteroatoms. The number of thioether (sulfide) groups is 1. The summed E-state index contributed by atoms with van der Waals surface area (Å²) in [7, 11) is 0. The third-order valence-electron chi connectivity index (χ3n) is 5.07. The van der Waals surface area contributed by atoms with Crippen molar-refractivity contribution < 1.29 is 18.3 Å². The molecule has 3 aromatic rings. The number of halogens is 2. The highest BCUT2D eigenvalue weighted by Crippen LogP contribution is 2.32. The molecule has 0 saturated carbocycles. The fraction of sp³-hybridized carbons (Fsp3) is 0.435. The number of ether oxygens (including phenoxy) is 1. The molecule has 0 radical (unpaired) electrons. The predicted octanol–water partition coefficient (Wildman–Crippen LogP) is 4.98. The maximum absolute atomic E-state index is 12.8. The van der Waals surface area contributed by atoms with Gasteiger partial charge in [0.15, 0.2) is 0 Å².